The number of aromatic nitrogens is 2. The van der Waals surface area contributed by atoms with Crippen molar-refractivity contribution in [2.75, 3.05) is 0 Å². The fourth-order valence-corrected chi connectivity index (χ4v) is 0.902. The molecule has 0 radical (unpaired) electrons. The Morgan fingerprint density at radius 2 is 2.45 bits per heavy atom. The molecule has 0 aliphatic rings. The molecule has 0 bridgehead atoms. The number of fused-ring (bicyclic) bond motifs is 1. The van der Waals surface area contributed by atoms with Crippen LogP contribution in [0.25, 0.3) is 11.1 Å². The Labute approximate surface area is 61.8 Å². The van der Waals surface area contributed by atoms with Crippen LogP contribution in [-0.2, 0) is 0 Å². The van der Waals surface area contributed by atoms with Gasteiger partial charge in [-0.2, -0.15) is 0 Å². The van der Waals surface area contributed by atoms with E-state index < -0.39 is 0 Å². The van der Waals surface area contributed by atoms with E-state index in [0.717, 1.165) is 6.29 Å². The molecule has 0 aliphatic carbocycles. The van der Waals surface area contributed by atoms with Crippen LogP contribution in [0.5, 0.6) is 0 Å². The molecule has 0 aliphatic heterocycles. The van der Waals surface area contributed by atoms with Crippen LogP contribution < -0.4 is 0 Å². The van der Waals surface area contributed by atoms with Gasteiger partial charge in [-0.1, -0.05) is 5.16 Å². The van der Waals surface area contributed by atoms with Gasteiger partial charge in [0.05, 0.1) is 11.6 Å². The van der Waals surface area contributed by atoms with Crippen LogP contribution in [-0.4, -0.2) is 16.4 Å². The minimum atomic E-state index is 0.398. The van der Waals surface area contributed by atoms with Gasteiger partial charge in [0.25, 0.3) is 5.71 Å². The SMILES string of the molecule is O=Cc1ccnc2oncc12. The fourth-order valence-electron chi connectivity index (χ4n) is 0.902. The first-order valence-electron chi connectivity index (χ1n) is 3.06. The predicted molar refractivity (Wildman–Crippen MR) is 37.2 cm³/mol. The molecule has 2 aromatic heterocycles. The monoisotopic (exact) mass is 148 g/mol. The second kappa shape index (κ2) is 2.16. The quantitative estimate of drug-likeness (QED) is 0.567. The number of nitrogens with zero attached hydrogens (tertiary/aromatic N) is 2. The Hall–Kier alpha value is -1.71. The number of aldehydes is 1. The maximum absolute atomic E-state index is 10.4. The molecule has 0 saturated heterocycles. The second-order valence-electron chi connectivity index (χ2n) is 2.06. The van der Waals surface area contributed by atoms with Gasteiger partial charge < -0.3 is 4.52 Å². The molecule has 11 heavy (non-hydrogen) atoms. The van der Waals surface area contributed by atoms with E-state index in [1.165, 1.54) is 12.4 Å². The molecule has 4 heteroatoms. The predicted octanol–water partition coefficient (Wildman–Crippen LogP) is 1.04. The number of hydrogen-bond acceptors (Lipinski definition) is 4. The lowest BCUT2D eigenvalue weighted by molar-refractivity contribution is 0.112. The number of pyridine rings is 1. The fraction of sp³-hybridized carbons (Fsp3) is 0. The summed E-state index contributed by atoms with van der Waals surface area (Å²) in [6.07, 6.45) is 3.74. The first-order valence-corrected chi connectivity index (χ1v) is 3.06. The highest BCUT2D eigenvalue weighted by molar-refractivity contribution is 5.93. The van der Waals surface area contributed by atoms with Gasteiger partial charge in [0.2, 0.25) is 0 Å². The van der Waals surface area contributed by atoms with Crippen molar-refractivity contribution >= 4 is 17.4 Å². The van der Waals surface area contributed by atoms with Crippen molar-refractivity contribution in [2.24, 2.45) is 0 Å². The van der Waals surface area contributed by atoms with Gasteiger partial charge in [0, 0.05) is 11.8 Å². The summed E-state index contributed by atoms with van der Waals surface area (Å²) >= 11 is 0. The largest absolute Gasteiger partial charge is 0.336 e. The van der Waals surface area contributed by atoms with Crippen LogP contribution in [0.4, 0.5) is 0 Å². The minimum absolute atomic E-state index is 0.398. The molecule has 4 nitrogen and oxygen atoms in total. The molecule has 0 spiro atoms. The van der Waals surface area contributed by atoms with Gasteiger partial charge >= 0.3 is 0 Å². The topological polar surface area (TPSA) is 56.0 Å². The minimum Gasteiger partial charge on any atom is -0.336 e. The summed E-state index contributed by atoms with van der Waals surface area (Å²) in [6, 6.07) is 1.62. The van der Waals surface area contributed by atoms with Gasteiger partial charge in [-0.3, -0.25) is 4.79 Å². The molecule has 54 valence electrons. The average molecular weight is 148 g/mol. The normalized spacial score (nSPS) is 10.2. The van der Waals surface area contributed by atoms with Crippen LogP contribution in [0.15, 0.2) is 23.0 Å². The highest BCUT2D eigenvalue weighted by Gasteiger charge is 2.02. The van der Waals surface area contributed by atoms with E-state index in [1.807, 2.05) is 0 Å². The molecule has 0 fully saturated rings. The Morgan fingerprint density at radius 1 is 1.55 bits per heavy atom. The van der Waals surface area contributed by atoms with Crippen LogP contribution in [0.2, 0.25) is 0 Å². The van der Waals surface area contributed by atoms with Crippen molar-refractivity contribution in [2.45, 2.75) is 0 Å². The van der Waals surface area contributed by atoms with E-state index >= 15 is 0 Å². The lowest BCUT2D eigenvalue weighted by Gasteiger charge is -1.87. The highest BCUT2D eigenvalue weighted by Crippen LogP contribution is 2.12. The summed E-state index contributed by atoms with van der Waals surface area (Å²) < 4.78 is 4.74. The van der Waals surface area contributed by atoms with Crippen LogP contribution in [0.1, 0.15) is 10.4 Å². The van der Waals surface area contributed by atoms with E-state index in [4.69, 9.17) is 4.52 Å². The molecule has 0 amide bonds. The molecule has 0 saturated carbocycles. The molecular formula is C7H4N2O2. The van der Waals surface area contributed by atoms with Crippen LogP contribution >= 0.6 is 0 Å². The van der Waals surface area contributed by atoms with Gasteiger partial charge in [-0.15, -0.1) is 0 Å². The average Bonchev–Trinajstić information content (AvgIpc) is 2.50. The first kappa shape index (κ1) is 6.03. The standard InChI is InChI=1S/C7H4N2O2/c10-4-5-1-2-8-7-6(5)3-9-11-7/h1-4H. The van der Waals surface area contributed by atoms with Gasteiger partial charge in [-0.05, 0) is 6.07 Å². The molecule has 2 rings (SSSR count). The number of rotatable bonds is 1. The van der Waals surface area contributed by atoms with Crippen molar-refractivity contribution in [1.82, 2.24) is 10.1 Å². The number of hydrogen-bond donors (Lipinski definition) is 0. The summed E-state index contributed by atoms with van der Waals surface area (Å²) in [5.74, 6) is 0. The number of carbonyl (C=O) groups is 1. The summed E-state index contributed by atoms with van der Waals surface area (Å²) in [5.41, 5.74) is 0.950. The van der Waals surface area contributed by atoms with Crippen molar-refractivity contribution in [3.63, 3.8) is 0 Å². The van der Waals surface area contributed by atoms with Gasteiger partial charge in [0.15, 0.2) is 6.29 Å². The third-order valence-electron chi connectivity index (χ3n) is 1.44. The van der Waals surface area contributed by atoms with Crippen LogP contribution in [0, 0.1) is 0 Å². The molecular weight excluding hydrogens is 144 g/mol. The zero-order chi connectivity index (χ0) is 7.68. The summed E-state index contributed by atoms with van der Waals surface area (Å²) in [6.45, 7) is 0. The lowest BCUT2D eigenvalue weighted by atomic mass is 10.2. The molecule has 0 unspecified atom stereocenters. The van der Waals surface area contributed by atoms with E-state index in [2.05, 4.69) is 10.1 Å². The molecule has 0 N–H and O–H groups in total. The van der Waals surface area contributed by atoms with Gasteiger partial charge in [-0.25, -0.2) is 4.98 Å². The van der Waals surface area contributed by atoms with Crippen molar-refractivity contribution in [3.8, 4) is 0 Å². The second-order valence-corrected chi connectivity index (χ2v) is 2.06. The summed E-state index contributed by atoms with van der Waals surface area (Å²) in [5, 5.41) is 4.17. The van der Waals surface area contributed by atoms with Crippen molar-refractivity contribution < 1.29 is 9.32 Å². The van der Waals surface area contributed by atoms with E-state index in [-0.39, 0.29) is 0 Å². The third kappa shape index (κ3) is 0.797. The first-order chi connectivity index (χ1) is 5.42. The van der Waals surface area contributed by atoms with E-state index in [0.29, 0.717) is 16.7 Å². The Balaban J connectivity index is 2.88. The smallest absolute Gasteiger partial charge is 0.258 e. The molecule has 2 heterocycles. The molecule has 2 aromatic rings. The molecule has 0 aromatic carbocycles. The lowest BCUT2D eigenvalue weighted by Crippen LogP contribution is -1.81. The van der Waals surface area contributed by atoms with Gasteiger partial charge in [0.1, 0.15) is 0 Å². The molecule has 0 atom stereocenters. The number of carbonyl (C=O) groups excluding carboxylic acids is 1. The van der Waals surface area contributed by atoms with Crippen LogP contribution in [0.3, 0.4) is 0 Å². The zero-order valence-corrected chi connectivity index (χ0v) is 5.52. The Morgan fingerprint density at radius 3 is 3.27 bits per heavy atom. The summed E-state index contributed by atoms with van der Waals surface area (Å²) in [7, 11) is 0. The Bertz CT molecular complexity index is 394. The Kier molecular flexibility index (Phi) is 1.18. The maximum atomic E-state index is 10.4. The van der Waals surface area contributed by atoms with Crippen molar-refractivity contribution in [3.05, 3.63) is 24.0 Å². The van der Waals surface area contributed by atoms with Crippen molar-refractivity contribution in [1.29, 1.82) is 0 Å². The van der Waals surface area contributed by atoms with E-state index in [1.54, 1.807) is 6.07 Å². The highest BCUT2D eigenvalue weighted by atomic mass is 16.5. The maximum Gasteiger partial charge on any atom is 0.258 e. The van der Waals surface area contributed by atoms with E-state index in [9.17, 15) is 4.79 Å². The zero-order valence-electron chi connectivity index (χ0n) is 5.52. The third-order valence-corrected chi connectivity index (χ3v) is 1.44. The summed E-state index contributed by atoms with van der Waals surface area (Å²) in [4.78, 5) is 14.3.